The average molecular weight is 309 g/mol. The first kappa shape index (κ1) is 17.7. The number of hydrogen-bond acceptors (Lipinski definition) is 3. The summed E-state index contributed by atoms with van der Waals surface area (Å²) in [5, 5.41) is 3.89. The number of nitrogens with two attached hydrogens (primary N) is 1. The molecule has 0 amide bonds. The first-order chi connectivity index (χ1) is 4.35. The molecular weight excluding hydrogens is 294 g/mol. The Labute approximate surface area is 93.1 Å². The van der Waals surface area contributed by atoms with E-state index in [4.69, 9.17) is 5.73 Å². The van der Waals surface area contributed by atoms with E-state index in [9.17, 15) is 0 Å². The summed E-state index contributed by atoms with van der Waals surface area (Å²) in [6.07, 6.45) is 0. The van der Waals surface area contributed by atoms with Crippen LogP contribution in [-0.2, 0) is 0 Å². The number of rotatable bonds is 2. The molecule has 0 aliphatic carbocycles. The van der Waals surface area contributed by atoms with Crippen LogP contribution in [0, 0.1) is 0 Å². The number of thioether (sulfide) groups is 1. The third-order valence-corrected chi connectivity index (χ3v) is 1.87. The van der Waals surface area contributed by atoms with E-state index in [1.807, 2.05) is 7.05 Å². The summed E-state index contributed by atoms with van der Waals surface area (Å²) in [5.74, 6) is 0.924. The number of amidine groups is 1. The van der Waals surface area contributed by atoms with Gasteiger partial charge in [0, 0.05) is 26.4 Å². The minimum absolute atomic E-state index is 0. The monoisotopic (exact) mass is 307 g/mol. The highest BCUT2D eigenvalue weighted by Gasteiger charge is 1.91. The molecular formula is C5H15Br2N3S. The van der Waals surface area contributed by atoms with E-state index in [0.29, 0.717) is 6.54 Å². The summed E-state index contributed by atoms with van der Waals surface area (Å²) in [6, 6.07) is 0. The Hall–Kier alpha value is 0.740. The number of nitrogens with zero attached hydrogens (tertiary/aromatic N) is 1. The van der Waals surface area contributed by atoms with Crippen LogP contribution in [0.4, 0.5) is 0 Å². The Bertz CT molecular complexity index is 99.7. The molecule has 0 heterocycles. The molecule has 70 valence electrons. The van der Waals surface area contributed by atoms with Crippen LogP contribution >= 0.6 is 45.7 Å². The quantitative estimate of drug-likeness (QED) is 0.592. The first-order valence-corrected chi connectivity index (χ1v) is 3.81. The third-order valence-electron chi connectivity index (χ3n) is 0.774. The van der Waals surface area contributed by atoms with Gasteiger partial charge in [0.15, 0.2) is 5.17 Å². The Morgan fingerprint density at radius 1 is 1.55 bits per heavy atom. The molecule has 6 heteroatoms. The van der Waals surface area contributed by atoms with Crippen LogP contribution in [0.1, 0.15) is 0 Å². The minimum atomic E-state index is 0. The Morgan fingerprint density at radius 3 is 2.36 bits per heavy atom. The van der Waals surface area contributed by atoms with Gasteiger partial charge in [-0.1, -0.05) is 11.8 Å². The van der Waals surface area contributed by atoms with Gasteiger partial charge in [-0.15, -0.1) is 34.0 Å². The van der Waals surface area contributed by atoms with Crippen molar-refractivity contribution in [1.29, 1.82) is 0 Å². The number of halogens is 2. The highest BCUT2D eigenvalue weighted by Crippen LogP contribution is 1.97. The molecule has 0 aromatic rings. The predicted octanol–water partition coefficient (Wildman–Crippen LogP) is 1.04. The summed E-state index contributed by atoms with van der Waals surface area (Å²) in [4.78, 5) is 3.96. The van der Waals surface area contributed by atoms with Crippen LogP contribution < -0.4 is 11.1 Å². The molecule has 11 heavy (non-hydrogen) atoms. The Balaban J connectivity index is -0.000000320. The lowest BCUT2D eigenvalue weighted by Crippen LogP contribution is -2.16. The lowest BCUT2D eigenvalue weighted by atomic mass is 10.8. The molecule has 0 saturated carbocycles. The fourth-order valence-corrected chi connectivity index (χ4v) is 0.989. The molecule has 0 radical (unpaired) electrons. The summed E-state index contributed by atoms with van der Waals surface area (Å²) < 4.78 is 0. The molecule has 0 aromatic heterocycles. The number of nitrogens with one attached hydrogen (secondary N) is 1. The van der Waals surface area contributed by atoms with Gasteiger partial charge in [-0.05, 0) is 0 Å². The maximum Gasteiger partial charge on any atom is 0.156 e. The van der Waals surface area contributed by atoms with Crippen molar-refractivity contribution in [3.8, 4) is 0 Å². The smallest absolute Gasteiger partial charge is 0.156 e. The van der Waals surface area contributed by atoms with Crippen molar-refractivity contribution < 1.29 is 0 Å². The van der Waals surface area contributed by atoms with E-state index in [0.717, 1.165) is 10.9 Å². The van der Waals surface area contributed by atoms with Crippen LogP contribution in [0.2, 0.25) is 0 Å². The summed E-state index contributed by atoms with van der Waals surface area (Å²) in [5.41, 5.74) is 5.28. The average Bonchev–Trinajstić information content (AvgIpc) is 1.91. The van der Waals surface area contributed by atoms with Gasteiger partial charge in [0.25, 0.3) is 0 Å². The van der Waals surface area contributed by atoms with Crippen molar-refractivity contribution in [3.05, 3.63) is 0 Å². The standard InChI is InChI=1S/C5H13N3S.2BrH/c1-7-5(8-2)9-4-3-6;;/h3-4,6H2,1-2H3,(H,7,8);2*1H. The van der Waals surface area contributed by atoms with Crippen molar-refractivity contribution >= 4 is 50.9 Å². The fourth-order valence-electron chi connectivity index (χ4n) is 0.404. The Kier molecular flexibility index (Phi) is 21.5. The van der Waals surface area contributed by atoms with Gasteiger partial charge < -0.3 is 11.1 Å². The molecule has 0 spiro atoms. The van der Waals surface area contributed by atoms with Crippen LogP contribution in [0.5, 0.6) is 0 Å². The van der Waals surface area contributed by atoms with E-state index in [1.165, 1.54) is 0 Å². The van der Waals surface area contributed by atoms with Crippen molar-refractivity contribution in [3.63, 3.8) is 0 Å². The van der Waals surface area contributed by atoms with Crippen LogP contribution in [0.3, 0.4) is 0 Å². The van der Waals surface area contributed by atoms with Crippen LogP contribution in [-0.4, -0.2) is 31.6 Å². The van der Waals surface area contributed by atoms with Gasteiger partial charge in [0.2, 0.25) is 0 Å². The second-order valence-corrected chi connectivity index (χ2v) is 2.50. The van der Waals surface area contributed by atoms with Crippen molar-refractivity contribution in [1.82, 2.24) is 5.32 Å². The predicted molar refractivity (Wildman–Crippen MR) is 64.6 cm³/mol. The summed E-state index contributed by atoms with van der Waals surface area (Å²) >= 11 is 1.64. The molecule has 0 saturated heterocycles. The molecule has 3 N–H and O–H groups in total. The molecule has 0 aliphatic heterocycles. The first-order valence-electron chi connectivity index (χ1n) is 2.82. The zero-order chi connectivity index (χ0) is 7.11. The minimum Gasteiger partial charge on any atom is -0.368 e. The van der Waals surface area contributed by atoms with Gasteiger partial charge in [-0.25, -0.2) is 0 Å². The Morgan fingerprint density at radius 2 is 2.09 bits per heavy atom. The van der Waals surface area contributed by atoms with Gasteiger partial charge in [-0.2, -0.15) is 0 Å². The van der Waals surface area contributed by atoms with Crippen LogP contribution in [0.25, 0.3) is 0 Å². The van der Waals surface area contributed by atoms with E-state index in [2.05, 4.69) is 10.3 Å². The zero-order valence-corrected chi connectivity index (χ0v) is 10.9. The number of hydrogen-bond donors (Lipinski definition) is 2. The van der Waals surface area contributed by atoms with Crippen molar-refractivity contribution in [2.75, 3.05) is 26.4 Å². The molecule has 3 nitrogen and oxygen atoms in total. The number of aliphatic imine (C=N–C) groups is 1. The van der Waals surface area contributed by atoms with E-state index >= 15 is 0 Å². The molecule has 0 rings (SSSR count). The summed E-state index contributed by atoms with van der Waals surface area (Å²) in [6.45, 7) is 0.700. The maximum absolute atomic E-state index is 5.28. The van der Waals surface area contributed by atoms with Crippen molar-refractivity contribution in [2.45, 2.75) is 0 Å². The fraction of sp³-hybridized carbons (Fsp3) is 0.800. The third kappa shape index (κ3) is 10.7. The maximum atomic E-state index is 5.28. The lowest BCUT2D eigenvalue weighted by molar-refractivity contribution is 1.15. The van der Waals surface area contributed by atoms with Crippen molar-refractivity contribution in [2.24, 2.45) is 10.7 Å². The normalized spacial score (nSPS) is 9.55. The topological polar surface area (TPSA) is 50.4 Å². The molecule has 0 aromatic carbocycles. The van der Waals surface area contributed by atoms with Gasteiger partial charge in [0.1, 0.15) is 0 Å². The molecule has 0 fully saturated rings. The van der Waals surface area contributed by atoms with E-state index in [1.54, 1.807) is 18.8 Å². The largest absolute Gasteiger partial charge is 0.368 e. The molecule has 0 bridgehead atoms. The second-order valence-electron chi connectivity index (χ2n) is 1.42. The zero-order valence-electron chi connectivity index (χ0n) is 6.66. The van der Waals surface area contributed by atoms with Gasteiger partial charge >= 0.3 is 0 Å². The van der Waals surface area contributed by atoms with E-state index in [-0.39, 0.29) is 34.0 Å². The molecule has 0 atom stereocenters. The highest BCUT2D eigenvalue weighted by atomic mass is 79.9. The van der Waals surface area contributed by atoms with Crippen LogP contribution in [0.15, 0.2) is 4.99 Å². The summed E-state index contributed by atoms with van der Waals surface area (Å²) in [7, 11) is 3.61. The van der Waals surface area contributed by atoms with Gasteiger partial charge in [-0.3, -0.25) is 4.99 Å². The molecule has 0 unspecified atom stereocenters. The molecule has 0 aliphatic rings. The van der Waals surface area contributed by atoms with Gasteiger partial charge in [0.05, 0.1) is 0 Å². The lowest BCUT2D eigenvalue weighted by Gasteiger charge is -2.00. The highest BCUT2D eigenvalue weighted by molar-refractivity contribution is 8.93. The second kappa shape index (κ2) is 13.3. The van der Waals surface area contributed by atoms with E-state index < -0.39 is 0 Å². The SMILES string of the molecule is Br.Br.CN=C(NC)SCCN.